The molecule has 0 unspecified atom stereocenters. The fourth-order valence-corrected chi connectivity index (χ4v) is 0.636. The highest BCUT2D eigenvalue weighted by Crippen LogP contribution is 1.97. The zero-order chi connectivity index (χ0) is 6.53. The second-order valence-corrected chi connectivity index (χ2v) is 1.79. The number of aliphatic imine (C=N–C) groups is 1. The zero-order valence-corrected chi connectivity index (χ0v) is 4.99. The van der Waals surface area contributed by atoms with E-state index in [2.05, 4.69) is 10.1 Å². The lowest BCUT2D eigenvalue weighted by Gasteiger charge is -1.88. The van der Waals surface area contributed by atoms with Crippen molar-refractivity contribution in [3.63, 3.8) is 0 Å². The quantitative estimate of drug-likeness (QED) is 0.382. The predicted octanol–water partition coefficient (Wildman–Crippen LogP) is 1.19. The van der Waals surface area contributed by atoms with E-state index in [1.165, 1.54) is 0 Å². The Hall–Kier alpha value is -1.12. The molecule has 0 bridgehead atoms. The van der Waals surface area contributed by atoms with E-state index in [4.69, 9.17) is 5.21 Å². The van der Waals surface area contributed by atoms with Crippen LogP contribution in [0.1, 0.15) is 12.8 Å². The Kier molecular flexibility index (Phi) is 2.01. The van der Waals surface area contributed by atoms with Crippen molar-refractivity contribution in [1.29, 1.82) is 0 Å². The van der Waals surface area contributed by atoms with Crippen LogP contribution in [0.4, 0.5) is 0 Å². The number of nitrogens with zero attached hydrogens (tertiary/aromatic N) is 2. The Morgan fingerprint density at radius 3 is 3.33 bits per heavy atom. The van der Waals surface area contributed by atoms with Crippen molar-refractivity contribution in [2.75, 3.05) is 0 Å². The van der Waals surface area contributed by atoms with E-state index in [-0.39, 0.29) is 0 Å². The van der Waals surface area contributed by atoms with Gasteiger partial charge in [0.2, 0.25) is 0 Å². The monoisotopic (exact) mass is 124 g/mol. The highest BCUT2D eigenvalue weighted by Gasteiger charge is 1.95. The minimum atomic E-state index is 0.639. The summed E-state index contributed by atoms with van der Waals surface area (Å²) in [6, 6.07) is 0. The molecule has 9 heavy (non-hydrogen) atoms. The molecule has 1 rings (SSSR count). The van der Waals surface area contributed by atoms with E-state index in [0.29, 0.717) is 5.71 Å². The van der Waals surface area contributed by atoms with Gasteiger partial charge in [0, 0.05) is 6.20 Å². The van der Waals surface area contributed by atoms with Gasteiger partial charge in [0.25, 0.3) is 0 Å². The number of allylic oxidation sites excluding steroid dienone is 1. The van der Waals surface area contributed by atoms with Gasteiger partial charge in [0.05, 0.1) is 11.9 Å². The average molecular weight is 124 g/mol. The summed E-state index contributed by atoms with van der Waals surface area (Å²) in [7, 11) is 0. The third-order valence-corrected chi connectivity index (χ3v) is 1.11. The zero-order valence-electron chi connectivity index (χ0n) is 4.99. The Labute approximate surface area is 53.4 Å². The summed E-state index contributed by atoms with van der Waals surface area (Å²) in [5.74, 6) is 0. The van der Waals surface area contributed by atoms with E-state index >= 15 is 0 Å². The van der Waals surface area contributed by atoms with Crippen molar-refractivity contribution in [1.82, 2.24) is 0 Å². The summed E-state index contributed by atoms with van der Waals surface area (Å²) in [6.07, 6.45) is 6.88. The highest BCUT2D eigenvalue weighted by molar-refractivity contribution is 6.30. The number of rotatable bonds is 0. The van der Waals surface area contributed by atoms with E-state index < -0.39 is 0 Å². The van der Waals surface area contributed by atoms with Crippen LogP contribution in [-0.2, 0) is 0 Å². The van der Waals surface area contributed by atoms with Gasteiger partial charge in [-0.25, -0.2) is 0 Å². The standard InChI is InChI=1S/C6H8N2O/c9-8-6-3-1-2-4-7-5-6/h2,4-5,9H,1,3H2. The maximum atomic E-state index is 8.28. The van der Waals surface area contributed by atoms with Crippen LogP contribution in [-0.4, -0.2) is 17.1 Å². The van der Waals surface area contributed by atoms with Gasteiger partial charge in [-0.05, 0) is 12.8 Å². The largest absolute Gasteiger partial charge is 0.411 e. The van der Waals surface area contributed by atoms with E-state index in [9.17, 15) is 0 Å². The van der Waals surface area contributed by atoms with E-state index in [1.54, 1.807) is 12.4 Å². The smallest absolute Gasteiger partial charge is 0.0980 e. The molecule has 1 N–H and O–H groups in total. The molecule has 0 fully saturated rings. The van der Waals surface area contributed by atoms with Crippen LogP contribution in [0, 0.1) is 0 Å². The number of hydrogen-bond acceptors (Lipinski definition) is 3. The minimum absolute atomic E-state index is 0.639. The molecule has 3 nitrogen and oxygen atoms in total. The summed E-state index contributed by atoms with van der Waals surface area (Å²) in [4.78, 5) is 3.83. The summed E-state index contributed by atoms with van der Waals surface area (Å²) in [6.45, 7) is 0. The molecule has 1 heterocycles. The second kappa shape index (κ2) is 3.02. The molecule has 0 aromatic heterocycles. The van der Waals surface area contributed by atoms with Crippen LogP contribution in [0.3, 0.4) is 0 Å². The minimum Gasteiger partial charge on any atom is -0.411 e. The predicted molar refractivity (Wildman–Crippen MR) is 36.1 cm³/mol. The maximum absolute atomic E-state index is 8.28. The van der Waals surface area contributed by atoms with Crippen molar-refractivity contribution in [3.05, 3.63) is 12.3 Å². The molecule has 0 saturated heterocycles. The van der Waals surface area contributed by atoms with E-state index in [1.807, 2.05) is 6.08 Å². The molecular formula is C6H8N2O. The Morgan fingerprint density at radius 2 is 2.56 bits per heavy atom. The first-order valence-corrected chi connectivity index (χ1v) is 2.82. The fraction of sp³-hybridized carbons (Fsp3) is 0.333. The lowest BCUT2D eigenvalue weighted by Crippen LogP contribution is -1.96. The van der Waals surface area contributed by atoms with Crippen LogP contribution in [0.15, 0.2) is 22.4 Å². The number of oxime groups is 1. The first kappa shape index (κ1) is 6.01. The van der Waals surface area contributed by atoms with Crippen LogP contribution in [0.2, 0.25) is 0 Å². The van der Waals surface area contributed by atoms with Crippen molar-refractivity contribution in [2.24, 2.45) is 10.1 Å². The Bertz CT molecular complexity index is 170. The Balaban J connectivity index is 2.62. The average Bonchev–Trinajstić information content (AvgIpc) is 2.13. The third kappa shape index (κ3) is 1.68. The van der Waals surface area contributed by atoms with Crippen LogP contribution < -0.4 is 0 Å². The van der Waals surface area contributed by atoms with Gasteiger partial charge >= 0.3 is 0 Å². The first-order chi connectivity index (χ1) is 4.43. The fourth-order valence-electron chi connectivity index (χ4n) is 0.636. The maximum Gasteiger partial charge on any atom is 0.0980 e. The van der Waals surface area contributed by atoms with Gasteiger partial charge in [-0.3, -0.25) is 4.99 Å². The Morgan fingerprint density at radius 1 is 1.67 bits per heavy atom. The first-order valence-electron chi connectivity index (χ1n) is 2.82. The van der Waals surface area contributed by atoms with Crippen LogP contribution >= 0.6 is 0 Å². The normalized spacial score (nSPS) is 22.4. The molecule has 0 saturated carbocycles. The molecule has 0 radical (unpaired) electrons. The molecule has 1 aliphatic heterocycles. The molecule has 0 aliphatic carbocycles. The number of hydrogen-bond donors (Lipinski definition) is 1. The highest BCUT2D eigenvalue weighted by atomic mass is 16.4. The van der Waals surface area contributed by atoms with Crippen molar-refractivity contribution in [3.8, 4) is 0 Å². The summed E-state index contributed by atoms with van der Waals surface area (Å²) >= 11 is 0. The van der Waals surface area contributed by atoms with Gasteiger partial charge in [-0.1, -0.05) is 11.2 Å². The third-order valence-electron chi connectivity index (χ3n) is 1.11. The molecule has 0 spiro atoms. The topological polar surface area (TPSA) is 45.0 Å². The van der Waals surface area contributed by atoms with Crippen LogP contribution in [0.25, 0.3) is 0 Å². The summed E-state index contributed by atoms with van der Waals surface area (Å²) in [5, 5.41) is 11.3. The van der Waals surface area contributed by atoms with Crippen LogP contribution in [0.5, 0.6) is 0 Å². The van der Waals surface area contributed by atoms with Crippen molar-refractivity contribution >= 4 is 11.9 Å². The SMILES string of the molecule is ON=C1C=NC=CCC1. The molecular weight excluding hydrogens is 116 g/mol. The molecule has 3 heteroatoms. The molecule has 48 valence electrons. The van der Waals surface area contributed by atoms with Gasteiger partial charge in [0.1, 0.15) is 0 Å². The molecule has 0 aromatic rings. The molecule has 1 aliphatic rings. The van der Waals surface area contributed by atoms with E-state index in [0.717, 1.165) is 12.8 Å². The summed E-state index contributed by atoms with van der Waals surface area (Å²) < 4.78 is 0. The van der Waals surface area contributed by atoms with Gasteiger partial charge in [-0.15, -0.1) is 0 Å². The molecule has 0 atom stereocenters. The summed E-state index contributed by atoms with van der Waals surface area (Å²) in [5.41, 5.74) is 0.639. The molecule has 0 aromatic carbocycles. The van der Waals surface area contributed by atoms with Crippen molar-refractivity contribution < 1.29 is 5.21 Å². The van der Waals surface area contributed by atoms with Gasteiger partial charge < -0.3 is 5.21 Å². The lowest BCUT2D eigenvalue weighted by molar-refractivity contribution is 0.319. The molecule has 0 amide bonds. The second-order valence-electron chi connectivity index (χ2n) is 1.79. The van der Waals surface area contributed by atoms with Crippen molar-refractivity contribution in [2.45, 2.75) is 12.8 Å². The van der Waals surface area contributed by atoms with Gasteiger partial charge in [-0.2, -0.15) is 0 Å². The lowest BCUT2D eigenvalue weighted by atomic mass is 10.2. The van der Waals surface area contributed by atoms with Gasteiger partial charge in [0.15, 0.2) is 0 Å².